The number of thiophene rings is 1. The third-order valence-corrected chi connectivity index (χ3v) is 4.80. The summed E-state index contributed by atoms with van der Waals surface area (Å²) in [5.74, 6) is 0.577. The second-order valence-corrected chi connectivity index (χ2v) is 6.03. The maximum atomic E-state index is 6.13. The first-order valence-electron chi connectivity index (χ1n) is 5.73. The van der Waals surface area contributed by atoms with Crippen LogP contribution in [0.25, 0.3) is 0 Å². The molecule has 0 radical (unpaired) electrons. The molecular weight excluding hydrogens is 242 g/mol. The normalized spacial score (nSPS) is 23.3. The molecule has 1 saturated heterocycles. The lowest BCUT2D eigenvalue weighted by Gasteiger charge is -2.29. The Bertz CT molecular complexity index is 327. The van der Waals surface area contributed by atoms with Crippen molar-refractivity contribution in [3.05, 3.63) is 20.8 Å². The summed E-state index contributed by atoms with van der Waals surface area (Å²) in [7, 11) is 2.02. The molecule has 1 aromatic rings. The molecule has 16 heavy (non-hydrogen) atoms. The molecule has 90 valence electrons. The molecule has 1 aromatic heterocycles. The molecule has 0 saturated carbocycles. The van der Waals surface area contributed by atoms with Crippen LogP contribution in [0.2, 0.25) is 4.34 Å². The largest absolute Gasteiger partial charge is 0.381 e. The van der Waals surface area contributed by atoms with Gasteiger partial charge in [0.15, 0.2) is 0 Å². The third kappa shape index (κ3) is 2.59. The van der Waals surface area contributed by atoms with Gasteiger partial charge in [0.25, 0.3) is 0 Å². The van der Waals surface area contributed by atoms with Crippen molar-refractivity contribution in [1.29, 1.82) is 0 Å². The van der Waals surface area contributed by atoms with Gasteiger partial charge in [0, 0.05) is 23.4 Å². The lowest BCUT2D eigenvalue weighted by Crippen LogP contribution is -2.30. The Morgan fingerprint density at radius 3 is 2.94 bits per heavy atom. The van der Waals surface area contributed by atoms with E-state index in [9.17, 15) is 0 Å². The summed E-state index contributed by atoms with van der Waals surface area (Å²) in [4.78, 5) is 1.33. The van der Waals surface area contributed by atoms with Crippen molar-refractivity contribution in [1.82, 2.24) is 5.32 Å². The number of ether oxygens (including phenoxy) is 1. The molecule has 0 spiro atoms. The first-order chi connectivity index (χ1) is 7.72. The second kappa shape index (κ2) is 5.50. The van der Waals surface area contributed by atoms with Crippen LogP contribution >= 0.6 is 22.9 Å². The summed E-state index contributed by atoms with van der Waals surface area (Å²) < 4.78 is 6.46. The van der Waals surface area contributed by atoms with Crippen molar-refractivity contribution in [3.63, 3.8) is 0 Å². The van der Waals surface area contributed by atoms with Gasteiger partial charge < -0.3 is 10.1 Å². The fourth-order valence-corrected chi connectivity index (χ4v) is 3.70. The first-order valence-corrected chi connectivity index (χ1v) is 6.92. The summed E-state index contributed by atoms with van der Waals surface area (Å²) in [6, 6.07) is 2.58. The molecule has 1 aliphatic heterocycles. The Kier molecular flexibility index (Phi) is 4.25. The van der Waals surface area contributed by atoms with Crippen molar-refractivity contribution >= 4 is 22.9 Å². The summed E-state index contributed by atoms with van der Waals surface area (Å²) in [5.41, 5.74) is 1.18. The van der Waals surface area contributed by atoms with E-state index in [1.165, 1.54) is 23.3 Å². The standard InChI is InChI=1S/C12H18ClNOS/c1-8-6-10(16-12(8)13)11(14-2)9-4-3-5-15-7-9/h6,9,11,14H,3-5,7H2,1-2H3. The highest BCUT2D eigenvalue weighted by Crippen LogP contribution is 2.36. The van der Waals surface area contributed by atoms with Crippen molar-refractivity contribution < 1.29 is 4.74 Å². The molecule has 2 nitrogen and oxygen atoms in total. The van der Waals surface area contributed by atoms with Gasteiger partial charge in [-0.05, 0) is 38.4 Å². The molecule has 1 aliphatic rings. The van der Waals surface area contributed by atoms with Gasteiger partial charge in [0.1, 0.15) is 0 Å². The Morgan fingerprint density at radius 2 is 2.44 bits per heavy atom. The van der Waals surface area contributed by atoms with E-state index < -0.39 is 0 Å². The van der Waals surface area contributed by atoms with E-state index in [-0.39, 0.29) is 0 Å². The lowest BCUT2D eigenvalue weighted by molar-refractivity contribution is 0.0407. The fourth-order valence-electron chi connectivity index (χ4n) is 2.28. The molecule has 4 heteroatoms. The highest BCUT2D eigenvalue weighted by atomic mass is 35.5. The predicted octanol–water partition coefficient (Wildman–Crippen LogP) is 3.40. The summed E-state index contributed by atoms with van der Waals surface area (Å²) in [6.07, 6.45) is 2.40. The number of aryl methyl sites for hydroxylation is 1. The van der Waals surface area contributed by atoms with Crippen LogP contribution in [0.1, 0.15) is 29.3 Å². The smallest absolute Gasteiger partial charge is 0.0960 e. The van der Waals surface area contributed by atoms with Crippen molar-refractivity contribution in [2.75, 3.05) is 20.3 Å². The minimum Gasteiger partial charge on any atom is -0.381 e. The Morgan fingerprint density at radius 1 is 1.62 bits per heavy atom. The quantitative estimate of drug-likeness (QED) is 0.898. The number of halogens is 1. The average Bonchev–Trinajstić information content (AvgIpc) is 2.61. The molecule has 0 bridgehead atoms. The SMILES string of the molecule is CNC(c1cc(C)c(Cl)s1)C1CCCOC1. The maximum absolute atomic E-state index is 6.13. The molecule has 1 N–H and O–H groups in total. The van der Waals surface area contributed by atoms with Crippen LogP contribution in [0.3, 0.4) is 0 Å². The van der Waals surface area contributed by atoms with Gasteiger partial charge in [0.05, 0.1) is 10.9 Å². The van der Waals surface area contributed by atoms with Gasteiger partial charge >= 0.3 is 0 Å². The van der Waals surface area contributed by atoms with Crippen LogP contribution in [0.15, 0.2) is 6.07 Å². The van der Waals surface area contributed by atoms with Crippen LogP contribution in [-0.4, -0.2) is 20.3 Å². The minimum atomic E-state index is 0.386. The minimum absolute atomic E-state index is 0.386. The van der Waals surface area contributed by atoms with Crippen LogP contribution in [0.5, 0.6) is 0 Å². The molecule has 1 fully saturated rings. The summed E-state index contributed by atoms with van der Waals surface area (Å²) in [5, 5.41) is 3.40. The van der Waals surface area contributed by atoms with Gasteiger partial charge in [0.2, 0.25) is 0 Å². The molecule has 0 aromatic carbocycles. The fraction of sp³-hybridized carbons (Fsp3) is 0.667. The number of nitrogens with one attached hydrogen (secondary N) is 1. The third-order valence-electron chi connectivity index (χ3n) is 3.16. The molecule has 2 unspecified atom stereocenters. The zero-order chi connectivity index (χ0) is 11.5. The zero-order valence-corrected chi connectivity index (χ0v) is 11.3. The second-order valence-electron chi connectivity index (χ2n) is 4.35. The molecule has 2 atom stereocenters. The topological polar surface area (TPSA) is 21.3 Å². The highest BCUT2D eigenvalue weighted by molar-refractivity contribution is 7.16. The van der Waals surface area contributed by atoms with Gasteiger partial charge in [-0.3, -0.25) is 0 Å². The van der Waals surface area contributed by atoms with Crippen molar-refractivity contribution in [2.24, 2.45) is 5.92 Å². The van der Waals surface area contributed by atoms with Crippen LogP contribution in [0.4, 0.5) is 0 Å². The monoisotopic (exact) mass is 259 g/mol. The van der Waals surface area contributed by atoms with E-state index in [1.54, 1.807) is 11.3 Å². The van der Waals surface area contributed by atoms with Crippen molar-refractivity contribution in [2.45, 2.75) is 25.8 Å². The first kappa shape index (κ1) is 12.4. The summed E-state index contributed by atoms with van der Waals surface area (Å²) >= 11 is 7.82. The molecular formula is C12H18ClNOS. The Hall–Kier alpha value is -0.0900. The van der Waals surface area contributed by atoms with Crippen LogP contribution < -0.4 is 5.32 Å². The predicted molar refractivity (Wildman–Crippen MR) is 69.4 cm³/mol. The van der Waals surface area contributed by atoms with Crippen molar-refractivity contribution in [3.8, 4) is 0 Å². The van der Waals surface area contributed by atoms with Crippen LogP contribution in [-0.2, 0) is 4.74 Å². The average molecular weight is 260 g/mol. The zero-order valence-electron chi connectivity index (χ0n) is 9.75. The van der Waals surface area contributed by atoms with E-state index >= 15 is 0 Å². The molecule has 0 aliphatic carbocycles. The lowest BCUT2D eigenvalue weighted by atomic mass is 9.92. The molecule has 2 heterocycles. The number of hydrogen-bond donors (Lipinski definition) is 1. The van der Waals surface area contributed by atoms with E-state index in [2.05, 4.69) is 18.3 Å². The van der Waals surface area contributed by atoms with Gasteiger partial charge in [-0.25, -0.2) is 0 Å². The van der Waals surface area contributed by atoms with Gasteiger partial charge in [-0.1, -0.05) is 11.6 Å². The van der Waals surface area contributed by atoms with Crippen LogP contribution in [0, 0.1) is 12.8 Å². The number of hydrogen-bond acceptors (Lipinski definition) is 3. The van der Waals surface area contributed by atoms with E-state index in [4.69, 9.17) is 16.3 Å². The number of rotatable bonds is 3. The maximum Gasteiger partial charge on any atom is 0.0960 e. The Labute approximate surface area is 106 Å². The van der Waals surface area contributed by atoms with E-state index in [1.807, 2.05) is 7.05 Å². The van der Waals surface area contributed by atoms with Gasteiger partial charge in [-0.2, -0.15) is 0 Å². The van der Waals surface area contributed by atoms with E-state index in [0.717, 1.165) is 17.6 Å². The molecule has 0 amide bonds. The highest BCUT2D eigenvalue weighted by Gasteiger charge is 2.25. The Balaban J connectivity index is 2.14. The summed E-state index contributed by atoms with van der Waals surface area (Å²) in [6.45, 7) is 3.84. The van der Waals surface area contributed by atoms with Gasteiger partial charge in [-0.15, -0.1) is 11.3 Å². The molecule has 2 rings (SSSR count). The van der Waals surface area contributed by atoms with E-state index in [0.29, 0.717) is 12.0 Å².